The van der Waals surface area contributed by atoms with E-state index >= 15 is 0 Å². The first-order valence-corrected chi connectivity index (χ1v) is 7.15. The van der Waals surface area contributed by atoms with E-state index in [9.17, 15) is 9.90 Å². The van der Waals surface area contributed by atoms with Crippen LogP contribution in [-0.2, 0) is 0 Å². The van der Waals surface area contributed by atoms with Crippen molar-refractivity contribution in [2.75, 3.05) is 11.5 Å². The molecule has 0 saturated carbocycles. The van der Waals surface area contributed by atoms with Gasteiger partial charge in [-0.3, -0.25) is 0 Å². The topological polar surface area (TPSA) is 128 Å². The molecule has 7 nitrogen and oxygen atoms in total. The van der Waals surface area contributed by atoms with E-state index in [4.69, 9.17) is 11.5 Å². The second-order valence-corrected chi connectivity index (χ2v) is 5.74. The van der Waals surface area contributed by atoms with Crippen molar-refractivity contribution in [2.24, 2.45) is 0 Å². The summed E-state index contributed by atoms with van der Waals surface area (Å²) in [6, 6.07) is 7.36. The summed E-state index contributed by atoms with van der Waals surface area (Å²) in [5, 5.41) is 9.61. The number of para-hydroxylation sites is 2. The van der Waals surface area contributed by atoms with Crippen LogP contribution in [0.25, 0.3) is 32.4 Å². The van der Waals surface area contributed by atoms with Crippen LogP contribution in [0, 0.1) is 0 Å². The Kier molecular flexibility index (Phi) is 2.46. The molecular weight excluding hydrogens is 302 g/mol. The average molecular weight is 311 g/mol. The van der Waals surface area contributed by atoms with Crippen LogP contribution in [0.4, 0.5) is 11.4 Å². The van der Waals surface area contributed by atoms with Crippen molar-refractivity contribution in [3.8, 4) is 0 Å². The molecule has 0 bridgehead atoms. The number of nitrogens with two attached hydrogens (primary N) is 2. The molecule has 0 aliphatic rings. The van der Waals surface area contributed by atoms with Gasteiger partial charge >= 0.3 is 5.97 Å². The SMILES string of the molecule is Nc1c(C(=O)O)sc2nc3nc4ccccc4nc3c(N)c12. The zero-order valence-electron chi connectivity index (χ0n) is 11.1. The molecule has 3 aromatic heterocycles. The van der Waals surface area contributed by atoms with Crippen LogP contribution in [-0.4, -0.2) is 26.0 Å². The van der Waals surface area contributed by atoms with Gasteiger partial charge in [0.05, 0.1) is 27.8 Å². The van der Waals surface area contributed by atoms with Crippen molar-refractivity contribution in [3.05, 3.63) is 29.1 Å². The first-order chi connectivity index (χ1) is 10.6. The summed E-state index contributed by atoms with van der Waals surface area (Å²) in [5.41, 5.74) is 14.7. The number of pyridine rings is 1. The molecule has 4 rings (SSSR count). The van der Waals surface area contributed by atoms with E-state index in [1.54, 1.807) is 0 Å². The van der Waals surface area contributed by atoms with Crippen LogP contribution in [0.1, 0.15) is 9.67 Å². The summed E-state index contributed by atoms with van der Waals surface area (Å²) in [4.78, 5) is 25.0. The van der Waals surface area contributed by atoms with Crippen molar-refractivity contribution in [3.63, 3.8) is 0 Å². The largest absolute Gasteiger partial charge is 0.477 e. The Morgan fingerprint density at radius 1 is 1.05 bits per heavy atom. The van der Waals surface area contributed by atoms with Gasteiger partial charge in [0.15, 0.2) is 5.65 Å². The Morgan fingerprint density at radius 3 is 2.41 bits per heavy atom. The van der Waals surface area contributed by atoms with Gasteiger partial charge in [-0.2, -0.15) is 0 Å². The number of nitrogens with zero attached hydrogens (tertiary/aromatic N) is 3. The minimum Gasteiger partial charge on any atom is -0.477 e. The fourth-order valence-electron chi connectivity index (χ4n) is 2.39. The van der Waals surface area contributed by atoms with Crippen LogP contribution >= 0.6 is 11.3 Å². The predicted molar refractivity (Wildman–Crippen MR) is 86.0 cm³/mol. The Bertz CT molecular complexity index is 1090. The first-order valence-electron chi connectivity index (χ1n) is 6.33. The maximum atomic E-state index is 11.2. The van der Waals surface area contributed by atoms with Crippen LogP contribution in [0.15, 0.2) is 24.3 Å². The Hall–Kier alpha value is -3.00. The third-order valence-corrected chi connectivity index (χ3v) is 4.49. The number of rotatable bonds is 1. The van der Waals surface area contributed by atoms with Crippen molar-refractivity contribution in [2.45, 2.75) is 0 Å². The molecule has 4 aromatic rings. The highest BCUT2D eigenvalue weighted by Gasteiger charge is 2.21. The summed E-state index contributed by atoms with van der Waals surface area (Å²) in [6.45, 7) is 0. The van der Waals surface area contributed by atoms with Crippen LogP contribution in [0.3, 0.4) is 0 Å². The number of carboxylic acid groups (broad SMARTS) is 1. The molecule has 0 aliphatic carbocycles. The molecule has 1 aromatic carbocycles. The van der Waals surface area contributed by atoms with Gasteiger partial charge in [0.25, 0.3) is 0 Å². The molecule has 8 heteroatoms. The number of fused-ring (bicyclic) bond motifs is 3. The molecule has 0 spiro atoms. The van der Waals surface area contributed by atoms with Crippen molar-refractivity contribution >= 4 is 61.1 Å². The fraction of sp³-hybridized carbons (Fsp3) is 0. The van der Waals surface area contributed by atoms with Crippen molar-refractivity contribution in [1.82, 2.24) is 15.0 Å². The monoisotopic (exact) mass is 311 g/mol. The quantitative estimate of drug-likeness (QED) is 0.460. The third kappa shape index (κ3) is 1.61. The highest BCUT2D eigenvalue weighted by Crippen LogP contribution is 2.38. The lowest BCUT2D eigenvalue weighted by Crippen LogP contribution is -2.00. The normalized spacial score (nSPS) is 11.5. The molecule has 0 saturated heterocycles. The summed E-state index contributed by atoms with van der Waals surface area (Å²) >= 11 is 0.983. The minimum absolute atomic E-state index is 0.0223. The Labute approximate surface area is 127 Å². The summed E-state index contributed by atoms with van der Waals surface area (Å²) < 4.78 is 0. The van der Waals surface area contributed by atoms with Gasteiger partial charge in [-0.1, -0.05) is 12.1 Å². The van der Waals surface area contributed by atoms with Crippen LogP contribution < -0.4 is 11.5 Å². The first kappa shape index (κ1) is 12.7. The van der Waals surface area contributed by atoms with E-state index in [0.29, 0.717) is 38.1 Å². The van der Waals surface area contributed by atoms with E-state index in [1.807, 2.05) is 24.3 Å². The average Bonchev–Trinajstić information content (AvgIpc) is 2.83. The highest BCUT2D eigenvalue weighted by molar-refractivity contribution is 7.21. The minimum atomic E-state index is -1.10. The van der Waals surface area contributed by atoms with Gasteiger partial charge in [-0.15, -0.1) is 11.3 Å². The predicted octanol–water partition coefficient (Wildman–Crippen LogP) is 2.26. The number of carboxylic acids is 1. The molecule has 0 radical (unpaired) electrons. The number of carbonyl (C=O) groups is 1. The number of hydrogen-bond donors (Lipinski definition) is 3. The van der Waals surface area contributed by atoms with E-state index in [2.05, 4.69) is 15.0 Å². The third-order valence-electron chi connectivity index (χ3n) is 3.40. The van der Waals surface area contributed by atoms with E-state index in [1.165, 1.54) is 0 Å². The van der Waals surface area contributed by atoms with Gasteiger partial charge in [0.2, 0.25) is 0 Å². The van der Waals surface area contributed by atoms with Crippen molar-refractivity contribution < 1.29 is 9.90 Å². The molecule has 0 unspecified atom stereocenters. The van der Waals surface area contributed by atoms with Gasteiger partial charge in [0.1, 0.15) is 15.2 Å². The van der Waals surface area contributed by atoms with Crippen LogP contribution in [0.5, 0.6) is 0 Å². The molecular formula is C14H9N5O2S. The summed E-state index contributed by atoms with van der Waals surface area (Å²) in [7, 11) is 0. The molecule has 5 N–H and O–H groups in total. The maximum Gasteiger partial charge on any atom is 0.348 e. The van der Waals surface area contributed by atoms with Gasteiger partial charge in [0, 0.05) is 0 Å². The summed E-state index contributed by atoms with van der Waals surface area (Å²) in [5.74, 6) is -1.10. The second-order valence-electron chi connectivity index (χ2n) is 4.74. The number of aromatic carboxylic acids is 1. The Morgan fingerprint density at radius 2 is 1.73 bits per heavy atom. The van der Waals surface area contributed by atoms with Crippen LogP contribution in [0.2, 0.25) is 0 Å². The van der Waals surface area contributed by atoms with Gasteiger partial charge < -0.3 is 16.6 Å². The Balaban J connectivity index is 2.20. The van der Waals surface area contributed by atoms with Crippen molar-refractivity contribution in [1.29, 1.82) is 0 Å². The molecule has 108 valence electrons. The number of anilines is 2. The van der Waals surface area contributed by atoms with E-state index < -0.39 is 5.97 Å². The fourth-order valence-corrected chi connectivity index (χ4v) is 3.34. The zero-order chi connectivity index (χ0) is 15.4. The standard InChI is InChI=1S/C14H9N5O2S/c15-8-7-9(16)11(14(20)21)22-13(7)19-12-10(8)17-5-3-1-2-4-6(5)18-12/h1-4H,16H2,(H,20,21)(H2,15,18,19). The maximum absolute atomic E-state index is 11.2. The van der Waals surface area contributed by atoms with E-state index in [0.717, 1.165) is 11.3 Å². The lowest BCUT2D eigenvalue weighted by atomic mass is 10.2. The smallest absolute Gasteiger partial charge is 0.348 e. The molecule has 0 aliphatic heterocycles. The second kappa shape index (κ2) is 4.25. The number of thiophene rings is 1. The number of nitrogen functional groups attached to an aromatic ring is 2. The van der Waals surface area contributed by atoms with Gasteiger partial charge in [-0.25, -0.2) is 19.7 Å². The molecule has 3 heterocycles. The molecule has 22 heavy (non-hydrogen) atoms. The summed E-state index contributed by atoms with van der Waals surface area (Å²) in [6.07, 6.45) is 0. The van der Waals surface area contributed by atoms with Gasteiger partial charge in [-0.05, 0) is 12.1 Å². The lowest BCUT2D eigenvalue weighted by molar-refractivity contribution is 0.0703. The number of benzene rings is 1. The lowest BCUT2D eigenvalue weighted by Gasteiger charge is -2.04. The van der Waals surface area contributed by atoms with E-state index in [-0.39, 0.29) is 10.6 Å². The zero-order valence-corrected chi connectivity index (χ0v) is 11.9. The number of aromatic nitrogens is 3. The highest BCUT2D eigenvalue weighted by atomic mass is 32.1. The number of hydrogen-bond acceptors (Lipinski definition) is 7. The molecule has 0 amide bonds. The molecule has 0 atom stereocenters. The molecule has 0 fully saturated rings.